The van der Waals surface area contributed by atoms with Gasteiger partial charge in [-0.05, 0) is 118 Å². The number of hydrogen-bond donors (Lipinski definition) is 0. The van der Waals surface area contributed by atoms with Crippen LogP contribution >= 0.6 is 0 Å². The maximum absolute atomic E-state index is 12.5. The molecular weight excluding hydrogens is 628 g/mol. The average Bonchev–Trinajstić information content (AvgIpc) is 3.11. The molecule has 3 aromatic rings. The quantitative estimate of drug-likeness (QED) is 0.0359. The van der Waals surface area contributed by atoms with Gasteiger partial charge in [0.2, 0.25) is 6.79 Å². The Balaban J connectivity index is 0.00000107. The minimum Gasteiger partial charge on any atom is -0.494 e. The molecule has 49 heavy (non-hydrogen) atoms. The summed E-state index contributed by atoms with van der Waals surface area (Å²) < 4.78 is 37.7. The number of carbonyl (C=O) groups is 3. The molecule has 0 amide bonds. The Kier molecular flexibility index (Phi) is 19.7. The third-order valence-electron chi connectivity index (χ3n) is 6.51. The molecule has 3 rings (SSSR count). The van der Waals surface area contributed by atoms with E-state index in [-0.39, 0.29) is 12.8 Å². The Morgan fingerprint density at radius 2 is 1.18 bits per heavy atom. The fourth-order valence-electron chi connectivity index (χ4n) is 3.99. The number of aryl methyl sites for hydroxylation is 1. The monoisotopic (exact) mass is 676 g/mol. The number of esters is 3. The van der Waals surface area contributed by atoms with Gasteiger partial charge in [-0.15, -0.1) is 0 Å². The first-order valence-electron chi connectivity index (χ1n) is 16.4. The zero-order valence-corrected chi connectivity index (χ0v) is 28.8. The van der Waals surface area contributed by atoms with E-state index < -0.39 is 11.9 Å². The van der Waals surface area contributed by atoms with E-state index in [0.29, 0.717) is 41.8 Å². The molecule has 0 aliphatic heterocycles. The second kappa shape index (κ2) is 24.1. The summed E-state index contributed by atoms with van der Waals surface area (Å²) in [4.78, 5) is 34.7. The van der Waals surface area contributed by atoms with Crippen molar-refractivity contribution in [1.29, 1.82) is 0 Å². The molecule has 0 fully saturated rings. The number of hydrogen-bond acceptors (Lipinski definition) is 10. The van der Waals surface area contributed by atoms with Crippen molar-refractivity contribution in [2.75, 3.05) is 33.2 Å². The summed E-state index contributed by atoms with van der Waals surface area (Å²) in [5, 5.41) is 0. The predicted octanol–water partition coefficient (Wildman–Crippen LogP) is 8.21. The van der Waals surface area contributed by atoms with Crippen LogP contribution in [-0.4, -0.2) is 51.1 Å². The average molecular weight is 677 g/mol. The Morgan fingerprint density at radius 3 is 1.78 bits per heavy atom. The number of carbonyl (C=O) groups excluding carboxylic acids is 3. The summed E-state index contributed by atoms with van der Waals surface area (Å²) in [5.41, 5.74) is 1.06. The van der Waals surface area contributed by atoms with Crippen molar-refractivity contribution in [3.05, 3.63) is 103 Å². The molecule has 0 spiro atoms. The number of rotatable bonds is 21. The second-order valence-electron chi connectivity index (χ2n) is 10.6. The zero-order valence-electron chi connectivity index (χ0n) is 28.8. The maximum Gasteiger partial charge on any atom is 0.343 e. The summed E-state index contributed by atoms with van der Waals surface area (Å²) in [5.74, 6) is 1.09. The Bertz CT molecular complexity index is 1430. The van der Waals surface area contributed by atoms with Crippen LogP contribution in [0.15, 0.2) is 92.0 Å². The van der Waals surface area contributed by atoms with Crippen LogP contribution in [0.3, 0.4) is 0 Å². The minimum atomic E-state index is -0.585. The molecule has 264 valence electrons. The fourth-order valence-corrected chi connectivity index (χ4v) is 3.99. The highest BCUT2D eigenvalue weighted by Gasteiger charge is 2.11. The van der Waals surface area contributed by atoms with Gasteiger partial charge in [0.05, 0.1) is 18.8 Å². The minimum absolute atomic E-state index is 0.00886. The Hall–Kier alpha value is -5.09. The normalized spacial score (nSPS) is 10.1. The Labute approximate surface area is 289 Å². The fraction of sp³-hybridized carbons (Fsp3) is 0.359. The van der Waals surface area contributed by atoms with Crippen LogP contribution in [0, 0.1) is 6.92 Å². The molecule has 0 heterocycles. The van der Waals surface area contributed by atoms with Crippen LogP contribution in [0.2, 0.25) is 0 Å². The van der Waals surface area contributed by atoms with Crippen LogP contribution in [0.25, 0.3) is 0 Å². The Morgan fingerprint density at radius 1 is 0.612 bits per heavy atom. The van der Waals surface area contributed by atoms with Crippen molar-refractivity contribution >= 4 is 17.9 Å². The first-order chi connectivity index (χ1) is 23.8. The molecule has 0 unspecified atom stereocenters. The van der Waals surface area contributed by atoms with Crippen molar-refractivity contribution in [1.82, 2.24) is 0 Å². The molecular formula is C39H48O10. The third-order valence-corrected chi connectivity index (χ3v) is 6.51. The van der Waals surface area contributed by atoms with Gasteiger partial charge in [0.15, 0.2) is 0 Å². The molecule has 0 aliphatic rings. The summed E-state index contributed by atoms with van der Waals surface area (Å²) in [6.07, 6.45) is 8.16. The maximum atomic E-state index is 12.5. The van der Waals surface area contributed by atoms with Gasteiger partial charge in [-0.2, -0.15) is 0 Å². The first kappa shape index (κ1) is 40.1. The van der Waals surface area contributed by atoms with E-state index in [2.05, 4.69) is 27.0 Å². The van der Waals surface area contributed by atoms with Gasteiger partial charge in [-0.25, -0.2) is 14.4 Å². The molecule has 0 bridgehead atoms. The summed E-state index contributed by atoms with van der Waals surface area (Å²) in [7, 11) is 0. The summed E-state index contributed by atoms with van der Waals surface area (Å²) >= 11 is 0. The van der Waals surface area contributed by atoms with Crippen LogP contribution in [-0.2, 0) is 19.1 Å². The smallest absolute Gasteiger partial charge is 0.343 e. The van der Waals surface area contributed by atoms with E-state index in [9.17, 15) is 14.4 Å². The molecule has 10 nitrogen and oxygen atoms in total. The molecule has 0 N–H and O–H groups in total. The highest BCUT2D eigenvalue weighted by Crippen LogP contribution is 2.25. The summed E-state index contributed by atoms with van der Waals surface area (Å²) in [6.45, 7) is 15.6. The lowest BCUT2D eigenvalue weighted by atomic mass is 10.2. The van der Waals surface area contributed by atoms with Gasteiger partial charge in [-0.1, -0.05) is 27.0 Å². The van der Waals surface area contributed by atoms with E-state index in [0.717, 1.165) is 75.2 Å². The van der Waals surface area contributed by atoms with Crippen molar-refractivity contribution < 1.29 is 47.5 Å². The van der Waals surface area contributed by atoms with Crippen LogP contribution in [0.5, 0.6) is 28.7 Å². The molecule has 0 atom stereocenters. The van der Waals surface area contributed by atoms with Crippen molar-refractivity contribution in [3.8, 4) is 28.7 Å². The summed E-state index contributed by atoms with van der Waals surface area (Å²) in [6, 6.07) is 18.3. The van der Waals surface area contributed by atoms with Gasteiger partial charge >= 0.3 is 17.9 Å². The van der Waals surface area contributed by atoms with E-state index >= 15 is 0 Å². The molecule has 0 radical (unpaired) electrons. The topological polar surface area (TPSA) is 116 Å². The van der Waals surface area contributed by atoms with Crippen molar-refractivity contribution in [2.24, 2.45) is 0 Å². The molecule has 0 saturated heterocycles. The highest BCUT2D eigenvalue weighted by atomic mass is 16.7. The van der Waals surface area contributed by atoms with Crippen molar-refractivity contribution in [3.63, 3.8) is 0 Å². The number of benzene rings is 3. The van der Waals surface area contributed by atoms with Gasteiger partial charge in [0.1, 0.15) is 28.7 Å². The SMILES string of the molecule is C=CC(=O)OCCCCCCOc1ccc(OCOc2ccc(OC(=O)c3ccc(OC(=O)C=C)cc3)cc2C)cc1.CCCOCCC. The standard InChI is InChI=1S/C33H34O9.C6H14O/c1-4-31(34)38-21-9-7-6-8-20-37-26-14-16-27(17-15-26)39-23-40-30-19-18-29(22-24(30)3)42-33(36)25-10-12-28(13-11-25)41-32(35)5-2;1-3-5-7-6-4-2/h4-5,10-19,22H,1-2,6-9,20-21,23H2,3H3;3-6H2,1-2H3. The molecule has 0 aliphatic carbocycles. The lowest BCUT2D eigenvalue weighted by Gasteiger charge is -2.12. The first-order valence-corrected chi connectivity index (χ1v) is 16.4. The highest BCUT2D eigenvalue weighted by molar-refractivity contribution is 5.91. The molecule has 3 aromatic carbocycles. The second-order valence-corrected chi connectivity index (χ2v) is 10.6. The van der Waals surface area contributed by atoms with Crippen molar-refractivity contribution in [2.45, 2.75) is 59.3 Å². The zero-order chi connectivity index (χ0) is 35.7. The predicted molar refractivity (Wildman–Crippen MR) is 187 cm³/mol. The number of unbranched alkanes of at least 4 members (excludes halogenated alkanes) is 3. The van der Waals surface area contributed by atoms with Crippen LogP contribution in [0.1, 0.15) is 68.3 Å². The van der Waals surface area contributed by atoms with Gasteiger partial charge < -0.3 is 33.2 Å². The number of ether oxygens (including phenoxy) is 7. The van der Waals surface area contributed by atoms with Gasteiger partial charge in [0, 0.05) is 25.4 Å². The lowest BCUT2D eigenvalue weighted by Crippen LogP contribution is -2.10. The van der Waals surface area contributed by atoms with Crippen LogP contribution in [0.4, 0.5) is 0 Å². The lowest BCUT2D eigenvalue weighted by molar-refractivity contribution is -0.137. The molecule has 0 saturated carbocycles. The third kappa shape index (κ3) is 17.0. The molecule has 0 aromatic heterocycles. The molecule has 10 heteroatoms. The largest absolute Gasteiger partial charge is 0.494 e. The van der Waals surface area contributed by atoms with E-state index in [1.165, 1.54) is 24.3 Å². The van der Waals surface area contributed by atoms with E-state index in [4.69, 9.17) is 33.2 Å². The van der Waals surface area contributed by atoms with E-state index in [1.807, 2.05) is 19.1 Å². The van der Waals surface area contributed by atoms with Crippen LogP contribution < -0.4 is 23.7 Å². The van der Waals surface area contributed by atoms with Gasteiger partial charge in [0.25, 0.3) is 0 Å². The van der Waals surface area contributed by atoms with Gasteiger partial charge in [-0.3, -0.25) is 0 Å². The van der Waals surface area contributed by atoms with E-state index in [1.54, 1.807) is 30.3 Å².